The van der Waals surface area contributed by atoms with Crippen molar-refractivity contribution in [2.24, 2.45) is 0 Å². The highest BCUT2D eigenvalue weighted by Gasteiger charge is 2.22. The summed E-state index contributed by atoms with van der Waals surface area (Å²) in [6.07, 6.45) is 3.56. The quantitative estimate of drug-likeness (QED) is 0.288. The van der Waals surface area contributed by atoms with Crippen LogP contribution >= 0.6 is 23.5 Å². The van der Waals surface area contributed by atoms with Crippen molar-refractivity contribution >= 4 is 34.9 Å². The Morgan fingerprint density at radius 2 is 1.84 bits per heavy atom. The van der Waals surface area contributed by atoms with E-state index in [0.717, 1.165) is 46.2 Å². The van der Waals surface area contributed by atoms with E-state index in [1.54, 1.807) is 49.1 Å². The molecule has 38 heavy (non-hydrogen) atoms. The average Bonchev–Trinajstić information content (AvgIpc) is 2.96. The summed E-state index contributed by atoms with van der Waals surface area (Å²) in [6, 6.07) is 16.9. The van der Waals surface area contributed by atoms with Crippen LogP contribution in [0.3, 0.4) is 0 Å². The van der Waals surface area contributed by atoms with E-state index in [4.69, 9.17) is 9.47 Å². The third kappa shape index (κ3) is 5.11. The molecule has 8 nitrogen and oxygen atoms in total. The molecule has 4 heterocycles. The summed E-state index contributed by atoms with van der Waals surface area (Å²) < 4.78 is 10.5. The van der Waals surface area contributed by atoms with Crippen molar-refractivity contribution in [3.8, 4) is 17.3 Å². The Bertz CT molecular complexity index is 1520. The predicted octanol–water partition coefficient (Wildman–Crippen LogP) is 5.47. The van der Waals surface area contributed by atoms with Gasteiger partial charge in [0.05, 0.1) is 32.1 Å². The predicted molar refractivity (Wildman–Crippen MR) is 151 cm³/mol. The van der Waals surface area contributed by atoms with Crippen molar-refractivity contribution < 1.29 is 9.47 Å². The van der Waals surface area contributed by atoms with Gasteiger partial charge in [0.1, 0.15) is 0 Å². The molecule has 2 aromatic carbocycles. The van der Waals surface area contributed by atoms with Gasteiger partial charge in [0, 0.05) is 73.6 Å². The van der Waals surface area contributed by atoms with Gasteiger partial charge in [-0.15, -0.1) is 0 Å². The molecule has 1 atom stereocenters. The van der Waals surface area contributed by atoms with E-state index in [1.807, 2.05) is 0 Å². The first-order valence-corrected chi connectivity index (χ1v) is 14.0. The molecule has 194 valence electrons. The van der Waals surface area contributed by atoms with E-state index >= 15 is 0 Å². The van der Waals surface area contributed by atoms with E-state index in [1.165, 1.54) is 14.7 Å². The van der Waals surface area contributed by atoms with Gasteiger partial charge in [-0.25, -0.2) is 9.97 Å². The number of ether oxygens (including phenoxy) is 2. The van der Waals surface area contributed by atoms with Crippen LogP contribution in [-0.4, -0.2) is 48.4 Å². The fourth-order valence-corrected chi connectivity index (χ4v) is 6.98. The number of aromatic amines is 1. The topological polar surface area (TPSA) is 92.4 Å². The van der Waals surface area contributed by atoms with Crippen LogP contribution in [0, 0.1) is 0 Å². The van der Waals surface area contributed by atoms with E-state index in [2.05, 4.69) is 74.6 Å². The fraction of sp³-hybridized carbons (Fsp3) is 0.250. The van der Waals surface area contributed by atoms with Crippen LogP contribution in [0.1, 0.15) is 18.5 Å². The number of hydrogen-bond donors (Lipinski definition) is 2. The molecule has 0 radical (unpaired) electrons. The number of aromatic nitrogens is 3. The summed E-state index contributed by atoms with van der Waals surface area (Å²) in [6.45, 7) is 5.01. The maximum atomic E-state index is 12.6. The summed E-state index contributed by atoms with van der Waals surface area (Å²) in [4.78, 5) is 31.0. The number of methoxy groups -OCH3 is 1. The first kappa shape index (κ1) is 24.8. The monoisotopic (exact) mass is 545 g/mol. The van der Waals surface area contributed by atoms with Crippen molar-refractivity contribution in [1.29, 1.82) is 0 Å². The lowest BCUT2D eigenvalue weighted by Gasteiger charge is -2.29. The summed E-state index contributed by atoms with van der Waals surface area (Å²) in [5.41, 5.74) is 4.72. The van der Waals surface area contributed by atoms with Gasteiger partial charge < -0.3 is 24.7 Å². The lowest BCUT2D eigenvalue weighted by atomic mass is 10.1. The molecule has 0 amide bonds. The van der Waals surface area contributed by atoms with Crippen molar-refractivity contribution in [2.75, 3.05) is 43.6 Å². The third-order valence-electron chi connectivity index (χ3n) is 6.56. The number of H-pyrrole nitrogens is 1. The van der Waals surface area contributed by atoms with E-state index < -0.39 is 0 Å². The van der Waals surface area contributed by atoms with Gasteiger partial charge in [-0.3, -0.25) is 4.79 Å². The van der Waals surface area contributed by atoms with Crippen LogP contribution in [0.2, 0.25) is 0 Å². The number of rotatable bonds is 6. The number of nitrogens with one attached hydrogen (secondary N) is 2. The van der Waals surface area contributed by atoms with Gasteiger partial charge in [0.15, 0.2) is 0 Å². The SMILES string of the molecule is COc1ncc(C(C)Nc2ccc3c(c2)Sc2cccc(-c4cc(N5CCOCC5)cc(=O)[nH]4)c2S3)cn1. The minimum absolute atomic E-state index is 0.0367. The summed E-state index contributed by atoms with van der Waals surface area (Å²) in [5, 5.41) is 3.55. The maximum Gasteiger partial charge on any atom is 0.316 e. The Labute approximate surface area is 229 Å². The number of pyridine rings is 1. The van der Waals surface area contributed by atoms with Crippen LogP contribution in [0.5, 0.6) is 6.01 Å². The van der Waals surface area contributed by atoms with E-state index in [0.29, 0.717) is 19.2 Å². The zero-order valence-electron chi connectivity index (χ0n) is 21.1. The number of morpholine rings is 1. The van der Waals surface area contributed by atoms with Crippen molar-refractivity contribution in [1.82, 2.24) is 15.0 Å². The second-order valence-electron chi connectivity index (χ2n) is 9.08. The molecule has 0 spiro atoms. The second-order valence-corrected chi connectivity index (χ2v) is 11.2. The van der Waals surface area contributed by atoms with Gasteiger partial charge >= 0.3 is 6.01 Å². The molecule has 0 aliphatic carbocycles. The Balaban J connectivity index is 1.25. The summed E-state index contributed by atoms with van der Waals surface area (Å²) in [7, 11) is 1.56. The zero-order valence-corrected chi connectivity index (χ0v) is 22.7. The summed E-state index contributed by atoms with van der Waals surface area (Å²) >= 11 is 3.49. The third-order valence-corrected chi connectivity index (χ3v) is 9.16. The number of fused-ring (bicyclic) bond motifs is 2. The standard InChI is InChI=1S/C28H27N5O3S2/c1-17(18-15-29-28(35-2)30-16-18)31-19-6-7-23-25(12-19)37-24-5-3-4-21(27(24)38-23)22-13-20(14-26(34)32-22)33-8-10-36-11-9-33/h3-7,12-17,31H,8-11H2,1-2H3,(H,32,34). The maximum absolute atomic E-state index is 12.6. The molecule has 10 heteroatoms. The number of nitrogens with zero attached hydrogens (tertiary/aromatic N) is 3. The van der Waals surface area contributed by atoms with Crippen LogP contribution in [0.15, 0.2) is 85.3 Å². The van der Waals surface area contributed by atoms with Gasteiger partial charge in [-0.05, 0) is 37.3 Å². The molecule has 2 aromatic heterocycles. The number of hydrogen-bond acceptors (Lipinski definition) is 9. The molecule has 6 rings (SSSR count). The summed E-state index contributed by atoms with van der Waals surface area (Å²) in [5.74, 6) is 0. The lowest BCUT2D eigenvalue weighted by Crippen LogP contribution is -2.36. The molecular weight excluding hydrogens is 518 g/mol. The van der Waals surface area contributed by atoms with E-state index in [-0.39, 0.29) is 11.6 Å². The van der Waals surface area contributed by atoms with Crippen molar-refractivity contribution in [3.63, 3.8) is 0 Å². The van der Waals surface area contributed by atoms with Crippen molar-refractivity contribution in [2.45, 2.75) is 32.5 Å². The Morgan fingerprint density at radius 3 is 2.63 bits per heavy atom. The van der Waals surface area contributed by atoms with Crippen molar-refractivity contribution in [3.05, 3.63) is 76.8 Å². The number of benzene rings is 2. The van der Waals surface area contributed by atoms with Gasteiger partial charge in [-0.2, -0.15) is 0 Å². The minimum Gasteiger partial charge on any atom is -0.467 e. The highest BCUT2D eigenvalue weighted by molar-refractivity contribution is 8.05. The average molecular weight is 546 g/mol. The molecular formula is C28H27N5O3S2. The van der Waals surface area contributed by atoms with Crippen LogP contribution in [-0.2, 0) is 4.74 Å². The first-order chi connectivity index (χ1) is 18.6. The lowest BCUT2D eigenvalue weighted by molar-refractivity contribution is 0.122. The minimum atomic E-state index is -0.0949. The first-order valence-electron chi connectivity index (χ1n) is 12.4. The highest BCUT2D eigenvalue weighted by Crippen LogP contribution is 2.52. The normalized spacial score (nSPS) is 15.4. The van der Waals surface area contributed by atoms with Gasteiger partial charge in [-0.1, -0.05) is 35.7 Å². The van der Waals surface area contributed by atoms with Gasteiger partial charge in [0.2, 0.25) is 5.56 Å². The van der Waals surface area contributed by atoms with E-state index in [9.17, 15) is 4.79 Å². The zero-order chi connectivity index (χ0) is 26.1. The molecule has 2 N–H and O–H groups in total. The number of anilines is 2. The molecule has 2 aliphatic rings. The molecule has 1 fully saturated rings. The molecule has 1 unspecified atom stereocenters. The van der Waals surface area contributed by atoms with Crippen LogP contribution < -0.4 is 20.5 Å². The largest absolute Gasteiger partial charge is 0.467 e. The van der Waals surface area contributed by atoms with Crippen LogP contribution in [0.25, 0.3) is 11.3 Å². The molecule has 4 aromatic rings. The Hall–Kier alpha value is -3.47. The Morgan fingerprint density at radius 1 is 1.03 bits per heavy atom. The highest BCUT2D eigenvalue weighted by atomic mass is 32.2. The Kier molecular flexibility index (Phi) is 7.01. The fourth-order valence-electron chi connectivity index (χ4n) is 4.57. The molecule has 1 saturated heterocycles. The second kappa shape index (κ2) is 10.7. The smallest absolute Gasteiger partial charge is 0.316 e. The molecule has 0 saturated carbocycles. The van der Waals surface area contributed by atoms with Crippen LogP contribution in [0.4, 0.5) is 11.4 Å². The molecule has 0 bridgehead atoms. The molecule has 2 aliphatic heterocycles. The van der Waals surface area contributed by atoms with Gasteiger partial charge in [0.25, 0.3) is 0 Å².